The summed E-state index contributed by atoms with van der Waals surface area (Å²) in [4.78, 5) is 12.2. The van der Waals surface area contributed by atoms with Gasteiger partial charge in [0, 0.05) is 11.7 Å². The van der Waals surface area contributed by atoms with Gasteiger partial charge in [-0.2, -0.15) is 0 Å². The van der Waals surface area contributed by atoms with Gasteiger partial charge in [-0.05, 0) is 36.1 Å². The molecule has 1 atom stereocenters. The summed E-state index contributed by atoms with van der Waals surface area (Å²) in [5, 5.41) is 3.16. The van der Waals surface area contributed by atoms with Gasteiger partial charge >= 0.3 is 0 Å². The van der Waals surface area contributed by atoms with E-state index in [0.29, 0.717) is 6.42 Å². The molecule has 0 heterocycles. The van der Waals surface area contributed by atoms with Crippen molar-refractivity contribution in [3.05, 3.63) is 65.7 Å². The summed E-state index contributed by atoms with van der Waals surface area (Å²) >= 11 is 0. The van der Waals surface area contributed by atoms with Crippen LogP contribution in [0.1, 0.15) is 30.9 Å². The lowest BCUT2D eigenvalue weighted by molar-refractivity contribution is -0.121. The molecule has 0 aliphatic rings. The molecule has 0 saturated carbocycles. The Morgan fingerprint density at radius 3 is 2.30 bits per heavy atom. The van der Waals surface area contributed by atoms with Crippen LogP contribution in [0.5, 0.6) is 0 Å². The summed E-state index contributed by atoms with van der Waals surface area (Å²) in [5.74, 6) is 0.0687. The molecule has 124 valence electrons. The second kappa shape index (κ2) is 9.90. The molecule has 1 amide bonds. The fourth-order valence-electron chi connectivity index (χ4n) is 2.57. The number of carbonyl (C=O) groups is 1. The fourth-order valence-corrected chi connectivity index (χ4v) is 2.57. The summed E-state index contributed by atoms with van der Waals surface area (Å²) in [6, 6.07) is 18.0. The molecule has 0 saturated heterocycles. The van der Waals surface area contributed by atoms with Crippen molar-refractivity contribution < 1.29 is 4.79 Å². The zero-order valence-electron chi connectivity index (χ0n) is 13.5. The highest BCUT2D eigenvalue weighted by atomic mass is 35.5. The van der Waals surface area contributed by atoms with E-state index in [0.717, 1.165) is 30.5 Å². The number of benzene rings is 2. The molecule has 23 heavy (non-hydrogen) atoms. The molecule has 0 aliphatic carbocycles. The Morgan fingerprint density at radius 1 is 1.04 bits per heavy atom. The molecule has 2 aromatic carbocycles. The smallest absolute Gasteiger partial charge is 0.224 e. The number of nitrogen functional groups attached to an aromatic ring is 1. The molecule has 0 aromatic heterocycles. The highest BCUT2D eigenvalue weighted by molar-refractivity contribution is 5.85. The van der Waals surface area contributed by atoms with Gasteiger partial charge in [0.1, 0.15) is 0 Å². The standard InChI is InChI=1S/C19H24N2O.ClH/c1-2-6-18(13-15-7-4-3-5-8-15)21-19(22)14-16-9-11-17(20)12-10-16;/h3-5,7-12,18H,2,6,13-14,20H2,1H3,(H,21,22);1H. The Morgan fingerprint density at radius 2 is 1.70 bits per heavy atom. The Bertz CT molecular complexity index is 584. The summed E-state index contributed by atoms with van der Waals surface area (Å²) in [7, 11) is 0. The van der Waals surface area contributed by atoms with Crippen LogP contribution < -0.4 is 11.1 Å². The van der Waals surface area contributed by atoms with E-state index in [2.05, 4.69) is 24.4 Å². The summed E-state index contributed by atoms with van der Waals surface area (Å²) in [6.07, 6.45) is 3.32. The molecule has 4 heteroatoms. The van der Waals surface area contributed by atoms with Crippen LogP contribution in [0.2, 0.25) is 0 Å². The highest BCUT2D eigenvalue weighted by Crippen LogP contribution is 2.09. The molecule has 0 radical (unpaired) electrons. The number of anilines is 1. The van der Waals surface area contributed by atoms with Crippen molar-refractivity contribution in [2.75, 3.05) is 5.73 Å². The molecule has 2 rings (SSSR count). The maximum atomic E-state index is 12.2. The van der Waals surface area contributed by atoms with Gasteiger partial charge in [-0.15, -0.1) is 12.4 Å². The number of hydrogen-bond donors (Lipinski definition) is 2. The third-order valence-corrected chi connectivity index (χ3v) is 3.67. The first kappa shape index (κ1) is 19.0. The number of nitrogens with one attached hydrogen (secondary N) is 1. The molecule has 3 nitrogen and oxygen atoms in total. The minimum absolute atomic E-state index is 0. The average Bonchev–Trinajstić information content (AvgIpc) is 2.51. The number of hydrogen-bond acceptors (Lipinski definition) is 2. The minimum atomic E-state index is 0. The van der Waals surface area contributed by atoms with Gasteiger partial charge in [0.25, 0.3) is 0 Å². The molecular weight excluding hydrogens is 308 g/mol. The lowest BCUT2D eigenvalue weighted by Gasteiger charge is -2.18. The zero-order chi connectivity index (χ0) is 15.8. The monoisotopic (exact) mass is 332 g/mol. The van der Waals surface area contributed by atoms with Crippen molar-refractivity contribution in [3.8, 4) is 0 Å². The Hall–Kier alpha value is -2.00. The summed E-state index contributed by atoms with van der Waals surface area (Å²) < 4.78 is 0. The van der Waals surface area contributed by atoms with Gasteiger partial charge in [0.15, 0.2) is 0 Å². The number of halogens is 1. The van der Waals surface area contributed by atoms with Crippen LogP contribution in [0.3, 0.4) is 0 Å². The Kier molecular flexibility index (Phi) is 8.20. The topological polar surface area (TPSA) is 55.1 Å². The van der Waals surface area contributed by atoms with E-state index in [4.69, 9.17) is 5.73 Å². The first-order valence-electron chi connectivity index (χ1n) is 7.85. The van der Waals surface area contributed by atoms with Crippen LogP contribution in [-0.4, -0.2) is 11.9 Å². The number of nitrogens with two attached hydrogens (primary N) is 1. The summed E-state index contributed by atoms with van der Waals surface area (Å²) in [6.45, 7) is 2.14. The van der Waals surface area contributed by atoms with Crippen molar-refractivity contribution in [3.63, 3.8) is 0 Å². The predicted octanol–water partition coefficient (Wildman–Crippen LogP) is 3.76. The van der Waals surface area contributed by atoms with Crippen molar-refractivity contribution in [1.29, 1.82) is 0 Å². The first-order chi connectivity index (χ1) is 10.7. The second-order valence-corrected chi connectivity index (χ2v) is 5.66. The molecular formula is C19H25ClN2O. The van der Waals surface area contributed by atoms with Crippen molar-refractivity contribution >= 4 is 24.0 Å². The highest BCUT2D eigenvalue weighted by Gasteiger charge is 2.12. The van der Waals surface area contributed by atoms with E-state index >= 15 is 0 Å². The van der Waals surface area contributed by atoms with E-state index in [1.807, 2.05) is 42.5 Å². The van der Waals surface area contributed by atoms with Gasteiger partial charge < -0.3 is 11.1 Å². The third-order valence-electron chi connectivity index (χ3n) is 3.67. The van der Waals surface area contributed by atoms with E-state index in [1.165, 1.54) is 5.56 Å². The second-order valence-electron chi connectivity index (χ2n) is 5.66. The van der Waals surface area contributed by atoms with Crippen molar-refractivity contribution in [2.45, 2.75) is 38.6 Å². The molecule has 1 unspecified atom stereocenters. The number of rotatable bonds is 7. The van der Waals surface area contributed by atoms with Crippen molar-refractivity contribution in [2.24, 2.45) is 0 Å². The van der Waals surface area contributed by atoms with E-state index in [9.17, 15) is 4.79 Å². The SMILES string of the molecule is CCCC(Cc1ccccc1)NC(=O)Cc1ccc(N)cc1.Cl. The van der Waals surface area contributed by atoms with E-state index in [1.54, 1.807) is 0 Å². The Labute approximate surface area is 144 Å². The molecule has 0 spiro atoms. The molecule has 3 N–H and O–H groups in total. The van der Waals surface area contributed by atoms with Crippen LogP contribution in [-0.2, 0) is 17.6 Å². The van der Waals surface area contributed by atoms with Crippen LogP contribution >= 0.6 is 12.4 Å². The third kappa shape index (κ3) is 6.74. The number of amides is 1. The van der Waals surface area contributed by atoms with Crippen LogP contribution in [0.25, 0.3) is 0 Å². The van der Waals surface area contributed by atoms with E-state index in [-0.39, 0.29) is 24.4 Å². The quantitative estimate of drug-likeness (QED) is 0.758. The van der Waals surface area contributed by atoms with Crippen LogP contribution in [0.15, 0.2) is 54.6 Å². The normalized spacial score (nSPS) is 11.3. The summed E-state index contributed by atoms with van der Waals surface area (Å²) in [5.41, 5.74) is 8.63. The van der Waals surface area contributed by atoms with Gasteiger partial charge in [-0.25, -0.2) is 0 Å². The largest absolute Gasteiger partial charge is 0.399 e. The maximum Gasteiger partial charge on any atom is 0.224 e. The predicted molar refractivity (Wildman–Crippen MR) is 98.8 cm³/mol. The lowest BCUT2D eigenvalue weighted by Crippen LogP contribution is -2.37. The minimum Gasteiger partial charge on any atom is -0.399 e. The van der Waals surface area contributed by atoms with Crippen LogP contribution in [0, 0.1) is 0 Å². The van der Waals surface area contributed by atoms with Crippen LogP contribution in [0.4, 0.5) is 5.69 Å². The van der Waals surface area contributed by atoms with Gasteiger partial charge in [-0.1, -0.05) is 55.8 Å². The molecule has 2 aromatic rings. The van der Waals surface area contributed by atoms with Gasteiger partial charge in [0.05, 0.1) is 6.42 Å². The molecule has 0 bridgehead atoms. The van der Waals surface area contributed by atoms with Gasteiger partial charge in [0.2, 0.25) is 5.91 Å². The maximum absolute atomic E-state index is 12.2. The van der Waals surface area contributed by atoms with E-state index < -0.39 is 0 Å². The molecule has 0 aliphatic heterocycles. The first-order valence-corrected chi connectivity index (χ1v) is 7.85. The lowest BCUT2D eigenvalue weighted by atomic mass is 10.0. The Balaban J connectivity index is 0.00000264. The van der Waals surface area contributed by atoms with Gasteiger partial charge in [-0.3, -0.25) is 4.79 Å². The zero-order valence-corrected chi connectivity index (χ0v) is 14.3. The van der Waals surface area contributed by atoms with Crippen molar-refractivity contribution in [1.82, 2.24) is 5.32 Å². The average molecular weight is 333 g/mol. The molecule has 0 fully saturated rings. The fraction of sp³-hybridized carbons (Fsp3) is 0.316. The number of carbonyl (C=O) groups excluding carboxylic acids is 1.